The summed E-state index contributed by atoms with van der Waals surface area (Å²) in [6.07, 6.45) is 3.87. The molecule has 0 heterocycles. The minimum atomic E-state index is 0.0496. The van der Waals surface area contributed by atoms with Gasteiger partial charge in [-0.05, 0) is 37.2 Å². The maximum absolute atomic E-state index is 9.27. The summed E-state index contributed by atoms with van der Waals surface area (Å²) in [6, 6.07) is 7.77. The molecule has 1 fully saturated rings. The van der Waals surface area contributed by atoms with E-state index in [2.05, 4.69) is 13.8 Å². The van der Waals surface area contributed by atoms with Gasteiger partial charge in [-0.1, -0.05) is 32.0 Å². The third-order valence-electron chi connectivity index (χ3n) is 3.57. The summed E-state index contributed by atoms with van der Waals surface area (Å²) in [5.74, 6) is 2.33. The summed E-state index contributed by atoms with van der Waals surface area (Å²) in [4.78, 5) is 0. The van der Waals surface area contributed by atoms with E-state index in [9.17, 15) is 5.11 Å². The van der Waals surface area contributed by atoms with Crippen LogP contribution in [0.1, 0.15) is 38.7 Å². The first kappa shape index (κ1) is 12.4. The molecule has 94 valence electrons. The number of aliphatic hydroxyl groups excluding tert-OH is 1. The molecule has 17 heavy (non-hydrogen) atoms. The fourth-order valence-electron chi connectivity index (χ4n) is 2.90. The molecule has 0 radical (unpaired) electrons. The Morgan fingerprint density at radius 3 is 2.41 bits per heavy atom. The van der Waals surface area contributed by atoms with Gasteiger partial charge in [-0.3, -0.25) is 0 Å². The van der Waals surface area contributed by atoms with Crippen LogP contribution < -0.4 is 4.74 Å². The molecular formula is C15H22O2. The molecule has 0 spiro atoms. The van der Waals surface area contributed by atoms with Gasteiger partial charge in [-0.25, -0.2) is 0 Å². The van der Waals surface area contributed by atoms with Crippen LogP contribution in [0.25, 0.3) is 0 Å². The second kappa shape index (κ2) is 5.54. The van der Waals surface area contributed by atoms with E-state index in [0.29, 0.717) is 6.10 Å². The highest BCUT2D eigenvalue weighted by Gasteiger charge is 2.25. The van der Waals surface area contributed by atoms with Crippen LogP contribution in [0, 0.1) is 11.8 Å². The third-order valence-corrected chi connectivity index (χ3v) is 3.57. The quantitative estimate of drug-likeness (QED) is 0.868. The Morgan fingerprint density at radius 1 is 1.12 bits per heavy atom. The van der Waals surface area contributed by atoms with Crippen LogP contribution in [0.3, 0.4) is 0 Å². The van der Waals surface area contributed by atoms with Crippen LogP contribution in [-0.2, 0) is 6.61 Å². The molecule has 1 N–H and O–H groups in total. The normalized spacial score (nSPS) is 29.0. The lowest BCUT2D eigenvalue weighted by atomic mass is 9.82. The molecule has 0 aliphatic heterocycles. The van der Waals surface area contributed by atoms with E-state index < -0.39 is 0 Å². The lowest BCUT2D eigenvalue weighted by Crippen LogP contribution is -2.28. The first-order valence-corrected chi connectivity index (χ1v) is 6.54. The zero-order valence-electron chi connectivity index (χ0n) is 10.7. The average Bonchev–Trinajstić information content (AvgIpc) is 2.28. The van der Waals surface area contributed by atoms with Crippen LogP contribution >= 0.6 is 0 Å². The summed E-state index contributed by atoms with van der Waals surface area (Å²) < 4.78 is 6.06. The molecule has 1 aromatic carbocycles. The van der Waals surface area contributed by atoms with Gasteiger partial charge in [0.25, 0.3) is 0 Å². The summed E-state index contributed by atoms with van der Waals surface area (Å²) in [5.41, 5.74) is 0.887. The van der Waals surface area contributed by atoms with Crippen LogP contribution in [0.15, 0.2) is 24.3 Å². The monoisotopic (exact) mass is 234 g/mol. The Hall–Kier alpha value is -1.02. The molecule has 1 aliphatic carbocycles. The minimum absolute atomic E-state index is 0.0496. The molecule has 1 saturated carbocycles. The molecule has 0 saturated heterocycles. The van der Waals surface area contributed by atoms with Gasteiger partial charge in [0.2, 0.25) is 0 Å². The largest absolute Gasteiger partial charge is 0.490 e. The molecule has 2 nitrogen and oxygen atoms in total. The second-order valence-corrected chi connectivity index (χ2v) is 5.42. The highest BCUT2D eigenvalue weighted by atomic mass is 16.5. The Bertz CT molecular complexity index is 352. The van der Waals surface area contributed by atoms with E-state index in [0.717, 1.165) is 36.0 Å². The second-order valence-electron chi connectivity index (χ2n) is 5.42. The highest BCUT2D eigenvalue weighted by molar-refractivity contribution is 5.32. The van der Waals surface area contributed by atoms with Crippen molar-refractivity contribution in [2.75, 3.05) is 0 Å². The molecule has 2 heteroatoms. The zero-order chi connectivity index (χ0) is 12.3. The predicted octanol–water partition coefficient (Wildman–Crippen LogP) is 3.38. The number of ether oxygens (including phenoxy) is 1. The summed E-state index contributed by atoms with van der Waals surface area (Å²) >= 11 is 0. The number of aliphatic hydroxyl groups is 1. The SMILES string of the molecule is CC1CC(C)CC(Oc2ccccc2CO)C1. The average molecular weight is 234 g/mol. The van der Waals surface area contributed by atoms with Crippen molar-refractivity contribution in [3.8, 4) is 5.75 Å². The van der Waals surface area contributed by atoms with E-state index in [4.69, 9.17) is 4.74 Å². The first-order valence-electron chi connectivity index (χ1n) is 6.54. The smallest absolute Gasteiger partial charge is 0.125 e. The number of benzene rings is 1. The molecular weight excluding hydrogens is 212 g/mol. The lowest BCUT2D eigenvalue weighted by Gasteiger charge is -2.32. The Kier molecular flexibility index (Phi) is 4.06. The van der Waals surface area contributed by atoms with E-state index in [1.165, 1.54) is 6.42 Å². The fourth-order valence-corrected chi connectivity index (χ4v) is 2.90. The topological polar surface area (TPSA) is 29.5 Å². The van der Waals surface area contributed by atoms with Crippen LogP contribution in [0.5, 0.6) is 5.75 Å². The Balaban J connectivity index is 2.04. The molecule has 0 bridgehead atoms. The van der Waals surface area contributed by atoms with Crippen molar-refractivity contribution < 1.29 is 9.84 Å². The summed E-state index contributed by atoms with van der Waals surface area (Å²) in [7, 11) is 0. The molecule has 0 aromatic heterocycles. The minimum Gasteiger partial charge on any atom is -0.490 e. The van der Waals surface area contributed by atoms with Gasteiger partial charge >= 0.3 is 0 Å². The van der Waals surface area contributed by atoms with Crippen molar-refractivity contribution in [2.45, 2.75) is 45.8 Å². The molecule has 2 atom stereocenters. The highest BCUT2D eigenvalue weighted by Crippen LogP contribution is 2.32. The Morgan fingerprint density at radius 2 is 1.76 bits per heavy atom. The first-order chi connectivity index (χ1) is 8.19. The van der Waals surface area contributed by atoms with E-state index in [1.54, 1.807) is 0 Å². The van der Waals surface area contributed by atoms with Gasteiger partial charge in [0, 0.05) is 5.56 Å². The molecule has 2 unspecified atom stereocenters. The van der Waals surface area contributed by atoms with E-state index in [1.807, 2.05) is 24.3 Å². The van der Waals surface area contributed by atoms with Crippen LogP contribution in [-0.4, -0.2) is 11.2 Å². The van der Waals surface area contributed by atoms with Gasteiger partial charge < -0.3 is 9.84 Å². The van der Waals surface area contributed by atoms with Crippen molar-refractivity contribution in [1.29, 1.82) is 0 Å². The Labute approximate surface area is 104 Å². The maximum atomic E-state index is 9.27. The number of para-hydroxylation sites is 1. The fraction of sp³-hybridized carbons (Fsp3) is 0.600. The molecule has 1 aromatic rings. The van der Waals surface area contributed by atoms with Crippen LogP contribution in [0.2, 0.25) is 0 Å². The summed E-state index contributed by atoms with van der Waals surface area (Å²) in [6.45, 7) is 4.64. The standard InChI is InChI=1S/C15H22O2/c1-11-7-12(2)9-14(8-11)17-15-6-4-3-5-13(15)10-16/h3-6,11-12,14,16H,7-10H2,1-2H3. The van der Waals surface area contributed by atoms with Crippen molar-refractivity contribution in [1.82, 2.24) is 0 Å². The molecule has 1 aliphatic rings. The van der Waals surface area contributed by atoms with Gasteiger partial charge in [-0.15, -0.1) is 0 Å². The van der Waals surface area contributed by atoms with E-state index in [-0.39, 0.29) is 6.61 Å². The van der Waals surface area contributed by atoms with Gasteiger partial charge in [0.15, 0.2) is 0 Å². The van der Waals surface area contributed by atoms with Crippen molar-refractivity contribution in [3.63, 3.8) is 0 Å². The number of hydrogen-bond donors (Lipinski definition) is 1. The van der Waals surface area contributed by atoms with Gasteiger partial charge in [0.1, 0.15) is 5.75 Å². The van der Waals surface area contributed by atoms with Crippen molar-refractivity contribution in [2.24, 2.45) is 11.8 Å². The summed E-state index contributed by atoms with van der Waals surface area (Å²) in [5, 5.41) is 9.27. The lowest BCUT2D eigenvalue weighted by molar-refractivity contribution is 0.0984. The number of hydrogen-bond acceptors (Lipinski definition) is 2. The maximum Gasteiger partial charge on any atom is 0.125 e. The third kappa shape index (κ3) is 3.22. The van der Waals surface area contributed by atoms with Gasteiger partial charge in [-0.2, -0.15) is 0 Å². The van der Waals surface area contributed by atoms with Crippen LogP contribution in [0.4, 0.5) is 0 Å². The molecule has 2 rings (SSSR count). The zero-order valence-corrected chi connectivity index (χ0v) is 10.7. The number of rotatable bonds is 3. The van der Waals surface area contributed by atoms with E-state index >= 15 is 0 Å². The predicted molar refractivity (Wildman–Crippen MR) is 69.0 cm³/mol. The van der Waals surface area contributed by atoms with Crippen molar-refractivity contribution in [3.05, 3.63) is 29.8 Å². The molecule has 0 amide bonds. The van der Waals surface area contributed by atoms with Crippen molar-refractivity contribution >= 4 is 0 Å². The van der Waals surface area contributed by atoms with Gasteiger partial charge in [0.05, 0.1) is 12.7 Å².